The summed E-state index contributed by atoms with van der Waals surface area (Å²) in [5.74, 6) is -2.87. The van der Waals surface area contributed by atoms with E-state index in [2.05, 4.69) is 5.10 Å². The third-order valence-corrected chi connectivity index (χ3v) is 5.22. The van der Waals surface area contributed by atoms with E-state index in [1.165, 1.54) is 43.5 Å². The number of nitrogens with zero attached hydrogens (tertiary/aromatic N) is 2. The molecule has 0 spiro atoms. The molecule has 1 aliphatic rings. The standard InChI is InChI=1S/C21H17Cl2FN2O4/c1-30-11-19-16(20(27)26(25-19)15-5-3-14(24)4-6-15)10-13(21(28)29)8-12-2-7-17(22)18(23)9-12/h2-9,16H,10-11H2,1H3,(H,28,29)/b13-8-. The second-order valence-electron chi connectivity index (χ2n) is 6.56. The maximum Gasteiger partial charge on any atom is 0.331 e. The van der Waals surface area contributed by atoms with E-state index in [4.69, 9.17) is 27.9 Å². The molecule has 0 bridgehead atoms. The van der Waals surface area contributed by atoms with Crippen LogP contribution in [0.25, 0.3) is 6.08 Å². The normalized spacial score (nSPS) is 16.7. The van der Waals surface area contributed by atoms with E-state index >= 15 is 0 Å². The van der Waals surface area contributed by atoms with Crippen molar-refractivity contribution in [1.29, 1.82) is 0 Å². The van der Waals surface area contributed by atoms with Gasteiger partial charge in [0.1, 0.15) is 5.82 Å². The van der Waals surface area contributed by atoms with Crippen LogP contribution < -0.4 is 5.01 Å². The quantitative estimate of drug-likeness (QED) is 0.622. The minimum Gasteiger partial charge on any atom is -0.478 e. The number of carbonyl (C=O) groups excluding carboxylic acids is 1. The third-order valence-electron chi connectivity index (χ3n) is 4.48. The molecule has 1 unspecified atom stereocenters. The number of benzene rings is 2. The molecule has 30 heavy (non-hydrogen) atoms. The highest BCUT2D eigenvalue weighted by molar-refractivity contribution is 6.42. The Balaban J connectivity index is 1.91. The fraction of sp³-hybridized carbons (Fsp3) is 0.190. The fourth-order valence-corrected chi connectivity index (χ4v) is 3.33. The molecular weight excluding hydrogens is 434 g/mol. The summed E-state index contributed by atoms with van der Waals surface area (Å²) < 4.78 is 18.3. The first-order chi connectivity index (χ1) is 14.3. The Labute approximate surface area is 182 Å². The van der Waals surface area contributed by atoms with E-state index in [1.807, 2.05) is 0 Å². The number of aliphatic carboxylic acids is 1. The van der Waals surface area contributed by atoms with Gasteiger partial charge < -0.3 is 9.84 Å². The summed E-state index contributed by atoms with van der Waals surface area (Å²) in [4.78, 5) is 24.8. The monoisotopic (exact) mass is 450 g/mol. The van der Waals surface area contributed by atoms with Crippen molar-refractivity contribution in [2.45, 2.75) is 6.42 Å². The van der Waals surface area contributed by atoms with Gasteiger partial charge >= 0.3 is 5.97 Å². The number of ether oxygens (including phenoxy) is 1. The number of methoxy groups -OCH3 is 1. The molecule has 9 heteroatoms. The van der Waals surface area contributed by atoms with Gasteiger partial charge in [-0.3, -0.25) is 4.79 Å². The first-order valence-corrected chi connectivity index (χ1v) is 9.60. The summed E-state index contributed by atoms with van der Waals surface area (Å²) in [5.41, 5.74) is 1.29. The molecule has 2 aromatic carbocycles. The zero-order valence-corrected chi connectivity index (χ0v) is 17.3. The van der Waals surface area contributed by atoms with Crippen LogP contribution in [0.5, 0.6) is 0 Å². The number of carboxylic acid groups (broad SMARTS) is 1. The molecule has 1 amide bonds. The van der Waals surface area contributed by atoms with E-state index < -0.39 is 23.6 Å². The van der Waals surface area contributed by atoms with Crippen LogP contribution in [-0.4, -0.2) is 36.4 Å². The van der Waals surface area contributed by atoms with Gasteiger partial charge in [0, 0.05) is 12.7 Å². The molecule has 0 aromatic heterocycles. The number of halogens is 3. The predicted molar refractivity (Wildman–Crippen MR) is 113 cm³/mol. The zero-order valence-electron chi connectivity index (χ0n) is 15.8. The molecule has 0 aliphatic carbocycles. The van der Waals surface area contributed by atoms with Crippen LogP contribution >= 0.6 is 23.2 Å². The number of amides is 1. The summed E-state index contributed by atoms with van der Waals surface area (Å²) in [7, 11) is 1.45. The Bertz CT molecular complexity index is 1040. The summed E-state index contributed by atoms with van der Waals surface area (Å²) in [5, 5.41) is 15.7. The molecule has 0 saturated carbocycles. The Morgan fingerprint density at radius 1 is 1.23 bits per heavy atom. The van der Waals surface area contributed by atoms with E-state index in [9.17, 15) is 19.1 Å². The molecule has 0 radical (unpaired) electrons. The van der Waals surface area contributed by atoms with E-state index in [1.54, 1.807) is 12.1 Å². The lowest BCUT2D eigenvalue weighted by molar-refractivity contribution is -0.132. The molecule has 1 N–H and O–H groups in total. The highest BCUT2D eigenvalue weighted by atomic mass is 35.5. The Kier molecular flexibility index (Phi) is 6.87. The van der Waals surface area contributed by atoms with Crippen molar-refractivity contribution in [1.82, 2.24) is 0 Å². The molecule has 2 aromatic rings. The van der Waals surface area contributed by atoms with Crippen molar-refractivity contribution in [2.24, 2.45) is 11.0 Å². The van der Waals surface area contributed by atoms with Gasteiger partial charge in [0.15, 0.2) is 0 Å². The lowest BCUT2D eigenvalue weighted by atomic mass is 9.93. The van der Waals surface area contributed by atoms with Crippen molar-refractivity contribution in [3.05, 3.63) is 69.5 Å². The van der Waals surface area contributed by atoms with Gasteiger partial charge in [0.2, 0.25) is 0 Å². The van der Waals surface area contributed by atoms with Crippen LogP contribution in [0.15, 0.2) is 53.1 Å². The molecule has 156 valence electrons. The number of hydrogen-bond donors (Lipinski definition) is 1. The van der Waals surface area contributed by atoms with E-state index in [0.717, 1.165) is 5.01 Å². The molecule has 1 heterocycles. The average Bonchev–Trinajstić information content (AvgIpc) is 3.00. The van der Waals surface area contributed by atoms with Gasteiger partial charge in [0.05, 0.1) is 34.0 Å². The first kappa shape index (κ1) is 22.0. The van der Waals surface area contributed by atoms with Gasteiger partial charge in [-0.05, 0) is 54.5 Å². The smallest absolute Gasteiger partial charge is 0.331 e. The van der Waals surface area contributed by atoms with Crippen LogP contribution in [0, 0.1) is 11.7 Å². The second kappa shape index (κ2) is 9.38. The van der Waals surface area contributed by atoms with Gasteiger partial charge in [0.25, 0.3) is 5.91 Å². The molecular formula is C21H17Cl2FN2O4. The highest BCUT2D eigenvalue weighted by Crippen LogP contribution is 2.30. The van der Waals surface area contributed by atoms with Crippen LogP contribution in [0.2, 0.25) is 10.0 Å². The van der Waals surface area contributed by atoms with Crippen LogP contribution in [0.3, 0.4) is 0 Å². The number of rotatable bonds is 7. The summed E-state index contributed by atoms with van der Waals surface area (Å²) >= 11 is 11.9. The fourth-order valence-electron chi connectivity index (χ4n) is 3.02. The van der Waals surface area contributed by atoms with Crippen molar-refractivity contribution in [3.63, 3.8) is 0 Å². The molecule has 1 atom stereocenters. The van der Waals surface area contributed by atoms with Gasteiger partial charge in [-0.15, -0.1) is 0 Å². The number of hydrazone groups is 1. The zero-order chi connectivity index (χ0) is 21.8. The highest BCUT2D eigenvalue weighted by Gasteiger charge is 2.37. The van der Waals surface area contributed by atoms with Crippen molar-refractivity contribution in [2.75, 3.05) is 18.7 Å². The largest absolute Gasteiger partial charge is 0.478 e. The molecule has 0 fully saturated rings. The third kappa shape index (κ3) is 4.87. The molecule has 6 nitrogen and oxygen atoms in total. The number of carboxylic acids is 1. The van der Waals surface area contributed by atoms with Crippen LogP contribution in [0.1, 0.15) is 12.0 Å². The maximum atomic E-state index is 13.2. The Hall–Kier alpha value is -2.74. The molecule has 3 rings (SSSR count). The van der Waals surface area contributed by atoms with Crippen molar-refractivity contribution in [3.8, 4) is 0 Å². The Morgan fingerprint density at radius 2 is 1.93 bits per heavy atom. The average molecular weight is 451 g/mol. The van der Waals surface area contributed by atoms with Crippen LogP contribution in [0.4, 0.5) is 10.1 Å². The molecule has 0 saturated heterocycles. The first-order valence-electron chi connectivity index (χ1n) is 8.85. The van der Waals surface area contributed by atoms with E-state index in [-0.39, 0.29) is 23.6 Å². The lowest BCUT2D eigenvalue weighted by Gasteiger charge is -2.15. The van der Waals surface area contributed by atoms with E-state index in [0.29, 0.717) is 22.0 Å². The molecule has 1 aliphatic heterocycles. The topological polar surface area (TPSA) is 79.2 Å². The van der Waals surface area contributed by atoms with Crippen molar-refractivity contribution < 1.29 is 23.8 Å². The minimum absolute atomic E-state index is 0.00324. The van der Waals surface area contributed by atoms with Crippen LogP contribution in [-0.2, 0) is 14.3 Å². The SMILES string of the molecule is COCC1=NN(c2ccc(F)cc2)C(=O)C1C/C(=C/c1ccc(Cl)c(Cl)c1)C(=O)O. The number of anilines is 1. The second-order valence-corrected chi connectivity index (χ2v) is 7.37. The Morgan fingerprint density at radius 3 is 2.53 bits per heavy atom. The summed E-state index contributed by atoms with van der Waals surface area (Å²) in [6.45, 7) is 0.0494. The lowest BCUT2D eigenvalue weighted by Crippen LogP contribution is -2.29. The van der Waals surface area contributed by atoms with Gasteiger partial charge in [-0.1, -0.05) is 29.3 Å². The minimum atomic E-state index is -1.18. The van der Waals surface area contributed by atoms with Gasteiger partial charge in [-0.2, -0.15) is 5.10 Å². The number of carbonyl (C=O) groups is 2. The predicted octanol–water partition coefficient (Wildman–Crippen LogP) is 4.66. The van der Waals surface area contributed by atoms with Crippen molar-refractivity contribution >= 4 is 52.6 Å². The van der Waals surface area contributed by atoms with Gasteiger partial charge in [-0.25, -0.2) is 14.2 Å². The summed E-state index contributed by atoms with van der Waals surface area (Å²) in [6.07, 6.45) is 1.33. The summed E-state index contributed by atoms with van der Waals surface area (Å²) in [6, 6.07) is 10.0. The number of hydrogen-bond acceptors (Lipinski definition) is 4. The maximum absolute atomic E-state index is 13.2.